The van der Waals surface area contributed by atoms with Gasteiger partial charge in [0.15, 0.2) is 11.5 Å². The molecule has 0 aliphatic carbocycles. The van der Waals surface area contributed by atoms with Gasteiger partial charge in [0, 0.05) is 23.2 Å². The molecule has 2 aromatic rings. The van der Waals surface area contributed by atoms with Gasteiger partial charge in [-0.1, -0.05) is 17.7 Å². The summed E-state index contributed by atoms with van der Waals surface area (Å²) in [6.07, 6.45) is 0. The Morgan fingerprint density at radius 2 is 1.58 bits per heavy atom. The van der Waals surface area contributed by atoms with Gasteiger partial charge in [0.1, 0.15) is 5.75 Å². The molecule has 130 valence electrons. The first-order valence-electron chi connectivity index (χ1n) is 6.95. The van der Waals surface area contributed by atoms with Crippen LogP contribution in [0.4, 0.5) is 0 Å². The van der Waals surface area contributed by atoms with Gasteiger partial charge < -0.3 is 14.2 Å². The minimum Gasteiger partial charge on any atom is -0.496 e. The maximum Gasteiger partial charge on any atom is 0.240 e. The number of methoxy groups -OCH3 is 3. The molecular formula is C16H18ClNO5S. The van der Waals surface area contributed by atoms with E-state index in [2.05, 4.69) is 4.72 Å². The Morgan fingerprint density at radius 3 is 2.17 bits per heavy atom. The lowest BCUT2D eigenvalue weighted by atomic mass is 10.1. The Hall–Kier alpha value is -1.96. The van der Waals surface area contributed by atoms with Gasteiger partial charge in [0.25, 0.3) is 0 Å². The summed E-state index contributed by atoms with van der Waals surface area (Å²) in [4.78, 5) is 0.0921. The Bertz CT molecular complexity index is 823. The van der Waals surface area contributed by atoms with Crippen molar-refractivity contribution in [2.45, 2.75) is 11.4 Å². The van der Waals surface area contributed by atoms with Crippen molar-refractivity contribution in [2.75, 3.05) is 21.3 Å². The van der Waals surface area contributed by atoms with Crippen LogP contribution in [-0.4, -0.2) is 29.7 Å². The quantitative estimate of drug-likeness (QED) is 0.810. The summed E-state index contributed by atoms with van der Waals surface area (Å²) >= 11 is 5.85. The number of hydrogen-bond acceptors (Lipinski definition) is 5. The molecule has 0 bridgehead atoms. The van der Waals surface area contributed by atoms with E-state index in [0.717, 1.165) is 0 Å². The van der Waals surface area contributed by atoms with Crippen LogP contribution in [0.5, 0.6) is 17.2 Å². The van der Waals surface area contributed by atoms with Crippen LogP contribution in [-0.2, 0) is 16.6 Å². The number of halogens is 1. The third kappa shape index (κ3) is 4.11. The van der Waals surface area contributed by atoms with E-state index in [1.807, 2.05) is 0 Å². The molecule has 0 spiro atoms. The van der Waals surface area contributed by atoms with Crippen LogP contribution in [0.2, 0.25) is 5.02 Å². The summed E-state index contributed by atoms with van der Waals surface area (Å²) in [6.45, 7) is 0.0262. The van der Waals surface area contributed by atoms with Gasteiger partial charge in [-0.25, -0.2) is 13.1 Å². The van der Waals surface area contributed by atoms with Crippen LogP contribution >= 0.6 is 11.6 Å². The summed E-state index contributed by atoms with van der Waals surface area (Å²) < 4.78 is 43.0. The third-order valence-corrected chi connectivity index (χ3v) is 4.98. The SMILES string of the molecule is COc1cc(OC)c(OC)cc1CNS(=O)(=O)c1cccc(Cl)c1. The molecule has 8 heteroatoms. The van der Waals surface area contributed by atoms with Gasteiger partial charge in [0.2, 0.25) is 10.0 Å². The average Bonchev–Trinajstić information content (AvgIpc) is 2.59. The summed E-state index contributed by atoms with van der Waals surface area (Å²) in [5, 5.41) is 0.349. The van der Waals surface area contributed by atoms with Crippen molar-refractivity contribution in [1.82, 2.24) is 4.72 Å². The molecule has 0 unspecified atom stereocenters. The van der Waals surface area contributed by atoms with Gasteiger partial charge in [-0.15, -0.1) is 0 Å². The Balaban J connectivity index is 2.28. The number of rotatable bonds is 7. The number of sulfonamides is 1. The van der Waals surface area contributed by atoms with Crippen LogP contribution in [0.1, 0.15) is 5.56 Å². The van der Waals surface area contributed by atoms with Crippen molar-refractivity contribution in [1.29, 1.82) is 0 Å². The second-order valence-corrected chi connectivity index (χ2v) is 7.00. The second kappa shape index (κ2) is 7.74. The lowest BCUT2D eigenvalue weighted by Gasteiger charge is -2.14. The molecule has 2 aromatic carbocycles. The first-order valence-corrected chi connectivity index (χ1v) is 8.81. The molecule has 0 fully saturated rings. The van der Waals surface area contributed by atoms with Crippen molar-refractivity contribution in [2.24, 2.45) is 0 Å². The highest BCUT2D eigenvalue weighted by molar-refractivity contribution is 7.89. The van der Waals surface area contributed by atoms with Crippen molar-refractivity contribution in [3.05, 3.63) is 47.0 Å². The summed E-state index contributed by atoms with van der Waals surface area (Å²) in [6, 6.07) is 9.35. The molecule has 0 heterocycles. The minimum absolute atomic E-state index is 0.0262. The van der Waals surface area contributed by atoms with E-state index in [0.29, 0.717) is 27.8 Å². The van der Waals surface area contributed by atoms with E-state index >= 15 is 0 Å². The van der Waals surface area contributed by atoms with E-state index in [1.54, 1.807) is 24.3 Å². The van der Waals surface area contributed by atoms with Crippen LogP contribution in [0.3, 0.4) is 0 Å². The van der Waals surface area contributed by atoms with E-state index < -0.39 is 10.0 Å². The van der Waals surface area contributed by atoms with Crippen molar-refractivity contribution >= 4 is 21.6 Å². The molecular weight excluding hydrogens is 354 g/mol. The molecule has 0 saturated carbocycles. The fraction of sp³-hybridized carbons (Fsp3) is 0.250. The molecule has 0 saturated heterocycles. The Morgan fingerprint density at radius 1 is 0.958 bits per heavy atom. The lowest BCUT2D eigenvalue weighted by Crippen LogP contribution is -2.23. The normalized spacial score (nSPS) is 11.2. The predicted octanol–water partition coefficient (Wildman–Crippen LogP) is 2.84. The highest BCUT2D eigenvalue weighted by atomic mass is 35.5. The average molecular weight is 372 g/mol. The number of hydrogen-bond donors (Lipinski definition) is 1. The Labute approximate surface area is 146 Å². The van der Waals surface area contributed by atoms with Crippen LogP contribution in [0, 0.1) is 0 Å². The Kier molecular flexibility index (Phi) is 5.93. The van der Waals surface area contributed by atoms with Crippen molar-refractivity contribution < 1.29 is 22.6 Å². The van der Waals surface area contributed by atoms with Gasteiger partial charge in [-0.2, -0.15) is 0 Å². The summed E-state index contributed by atoms with van der Waals surface area (Å²) in [5.74, 6) is 1.47. The zero-order chi connectivity index (χ0) is 17.7. The first-order chi connectivity index (χ1) is 11.4. The predicted molar refractivity (Wildman–Crippen MR) is 91.6 cm³/mol. The fourth-order valence-electron chi connectivity index (χ4n) is 2.12. The van der Waals surface area contributed by atoms with Crippen LogP contribution in [0.15, 0.2) is 41.3 Å². The summed E-state index contributed by atoms with van der Waals surface area (Å²) in [7, 11) is 0.810. The molecule has 1 N–H and O–H groups in total. The molecule has 0 aromatic heterocycles. The van der Waals surface area contributed by atoms with Gasteiger partial charge in [-0.05, 0) is 24.3 Å². The lowest BCUT2D eigenvalue weighted by molar-refractivity contribution is 0.347. The fourth-order valence-corrected chi connectivity index (χ4v) is 3.43. The van der Waals surface area contributed by atoms with Gasteiger partial charge in [-0.3, -0.25) is 0 Å². The topological polar surface area (TPSA) is 73.9 Å². The van der Waals surface area contributed by atoms with E-state index in [9.17, 15) is 8.42 Å². The summed E-state index contributed by atoms with van der Waals surface area (Å²) in [5.41, 5.74) is 0.612. The molecule has 0 atom stereocenters. The van der Waals surface area contributed by atoms with Gasteiger partial charge >= 0.3 is 0 Å². The van der Waals surface area contributed by atoms with Crippen LogP contribution in [0.25, 0.3) is 0 Å². The minimum atomic E-state index is -3.70. The third-order valence-electron chi connectivity index (χ3n) is 3.35. The van der Waals surface area contributed by atoms with Crippen LogP contribution < -0.4 is 18.9 Å². The molecule has 0 radical (unpaired) electrons. The molecule has 24 heavy (non-hydrogen) atoms. The second-order valence-electron chi connectivity index (χ2n) is 4.80. The maximum absolute atomic E-state index is 12.4. The largest absolute Gasteiger partial charge is 0.496 e. The smallest absolute Gasteiger partial charge is 0.240 e. The number of benzene rings is 2. The van der Waals surface area contributed by atoms with E-state index in [-0.39, 0.29) is 11.4 Å². The van der Waals surface area contributed by atoms with E-state index in [4.69, 9.17) is 25.8 Å². The zero-order valence-corrected chi connectivity index (χ0v) is 15.1. The zero-order valence-electron chi connectivity index (χ0n) is 13.5. The molecule has 0 amide bonds. The molecule has 0 aliphatic rings. The van der Waals surface area contributed by atoms with Gasteiger partial charge in [0.05, 0.1) is 26.2 Å². The van der Waals surface area contributed by atoms with Crippen molar-refractivity contribution in [3.8, 4) is 17.2 Å². The van der Waals surface area contributed by atoms with Crippen molar-refractivity contribution in [3.63, 3.8) is 0 Å². The highest BCUT2D eigenvalue weighted by Gasteiger charge is 2.17. The number of nitrogens with one attached hydrogen (secondary N) is 1. The molecule has 0 aliphatic heterocycles. The standard InChI is InChI=1S/C16H18ClNO5S/c1-21-14-9-16(23-3)15(22-2)7-11(14)10-18-24(19,20)13-6-4-5-12(17)8-13/h4-9,18H,10H2,1-3H3. The first kappa shape index (κ1) is 18.4. The monoisotopic (exact) mass is 371 g/mol. The highest BCUT2D eigenvalue weighted by Crippen LogP contribution is 2.34. The van der Waals surface area contributed by atoms with E-state index in [1.165, 1.54) is 33.5 Å². The number of ether oxygens (including phenoxy) is 3. The molecule has 6 nitrogen and oxygen atoms in total. The maximum atomic E-state index is 12.4. The molecule has 2 rings (SSSR count).